The summed E-state index contributed by atoms with van der Waals surface area (Å²) in [5.41, 5.74) is 1.70. The molecular weight excluding hydrogens is 365 g/mol. The Hall–Kier alpha value is -2.45. The number of aromatic nitrogens is 2. The van der Waals surface area contributed by atoms with Crippen molar-refractivity contribution in [1.82, 2.24) is 15.1 Å². The van der Waals surface area contributed by atoms with E-state index in [0.717, 1.165) is 13.0 Å². The lowest BCUT2D eigenvalue weighted by Crippen LogP contribution is -2.35. The van der Waals surface area contributed by atoms with E-state index in [0.29, 0.717) is 48.1 Å². The van der Waals surface area contributed by atoms with Gasteiger partial charge in [0.25, 0.3) is 5.89 Å². The van der Waals surface area contributed by atoms with Crippen molar-refractivity contribution in [3.63, 3.8) is 0 Å². The molecule has 0 amide bonds. The minimum atomic E-state index is -0.352. The molecule has 3 atom stereocenters. The molecule has 0 spiro atoms. The van der Waals surface area contributed by atoms with Gasteiger partial charge in [0.1, 0.15) is 5.82 Å². The zero-order valence-corrected chi connectivity index (χ0v) is 17.7. The van der Waals surface area contributed by atoms with Crippen molar-refractivity contribution < 1.29 is 8.81 Å². The Labute approximate surface area is 173 Å². The lowest BCUT2D eigenvalue weighted by atomic mass is 9.69. The molecule has 0 aliphatic heterocycles. The summed E-state index contributed by atoms with van der Waals surface area (Å²) in [6.45, 7) is 8.39. The number of nitrogens with zero attached hydrogens (tertiary/aromatic N) is 3. The quantitative estimate of drug-likeness (QED) is 0.497. The van der Waals surface area contributed by atoms with Crippen LogP contribution in [0, 0.1) is 41.8 Å². The van der Waals surface area contributed by atoms with Gasteiger partial charge in [-0.05, 0) is 56.2 Å². The van der Waals surface area contributed by atoms with Crippen LogP contribution in [0.1, 0.15) is 33.1 Å². The number of hydrogen-bond acceptors (Lipinski definition) is 4. The molecule has 3 rings (SSSR count). The van der Waals surface area contributed by atoms with Crippen molar-refractivity contribution in [3.8, 4) is 23.8 Å². The van der Waals surface area contributed by atoms with Gasteiger partial charge in [0.05, 0.1) is 12.1 Å². The molecule has 0 bridgehead atoms. The fourth-order valence-electron chi connectivity index (χ4n) is 4.36. The van der Waals surface area contributed by atoms with Gasteiger partial charge in [0, 0.05) is 13.0 Å². The molecule has 4 nitrogen and oxygen atoms in total. The van der Waals surface area contributed by atoms with E-state index in [-0.39, 0.29) is 11.7 Å². The second-order valence-electron chi connectivity index (χ2n) is 8.50. The maximum absolute atomic E-state index is 14.0. The van der Waals surface area contributed by atoms with Crippen LogP contribution in [0.5, 0.6) is 0 Å². The molecule has 1 aliphatic rings. The number of rotatable bonds is 7. The highest BCUT2D eigenvalue weighted by Crippen LogP contribution is 2.39. The first-order valence-electron chi connectivity index (χ1n) is 10.3. The molecule has 1 aromatic carbocycles. The van der Waals surface area contributed by atoms with Crippen LogP contribution in [-0.4, -0.2) is 35.2 Å². The van der Waals surface area contributed by atoms with Crippen molar-refractivity contribution in [1.29, 1.82) is 0 Å². The highest BCUT2D eigenvalue weighted by molar-refractivity contribution is 5.53. The Morgan fingerprint density at radius 2 is 2.07 bits per heavy atom. The van der Waals surface area contributed by atoms with Gasteiger partial charge >= 0.3 is 0 Å². The average Bonchev–Trinajstić information content (AvgIpc) is 3.12. The predicted octanol–water partition coefficient (Wildman–Crippen LogP) is 4.84. The van der Waals surface area contributed by atoms with Gasteiger partial charge in [-0.25, -0.2) is 4.39 Å². The van der Waals surface area contributed by atoms with E-state index in [9.17, 15) is 4.39 Å². The maximum Gasteiger partial charge on any atom is 0.250 e. The molecule has 29 heavy (non-hydrogen) atoms. The summed E-state index contributed by atoms with van der Waals surface area (Å²) in [7, 11) is 2.08. The molecule has 154 valence electrons. The van der Waals surface area contributed by atoms with E-state index < -0.39 is 0 Å². The Kier molecular flexibility index (Phi) is 6.87. The first-order valence-corrected chi connectivity index (χ1v) is 10.3. The van der Waals surface area contributed by atoms with Crippen LogP contribution < -0.4 is 0 Å². The molecule has 0 N–H and O–H groups in total. The Morgan fingerprint density at radius 1 is 1.31 bits per heavy atom. The second-order valence-corrected chi connectivity index (χ2v) is 8.50. The molecule has 1 aromatic heterocycles. The topological polar surface area (TPSA) is 42.2 Å². The molecule has 0 fully saturated rings. The van der Waals surface area contributed by atoms with Crippen LogP contribution in [0.25, 0.3) is 11.5 Å². The van der Waals surface area contributed by atoms with Crippen LogP contribution in [0.15, 0.2) is 40.3 Å². The Bertz CT molecular complexity index is 896. The van der Waals surface area contributed by atoms with Crippen LogP contribution >= 0.6 is 0 Å². The van der Waals surface area contributed by atoms with Crippen LogP contribution in [0.3, 0.4) is 0 Å². The lowest BCUT2D eigenvalue weighted by Gasteiger charge is -2.38. The largest absolute Gasteiger partial charge is 0.421 e. The van der Waals surface area contributed by atoms with Crippen molar-refractivity contribution in [2.75, 3.05) is 20.1 Å². The molecule has 1 heterocycles. The summed E-state index contributed by atoms with van der Waals surface area (Å²) in [5.74, 6) is 5.15. The molecule has 0 saturated heterocycles. The fraction of sp³-hybridized carbons (Fsp3) is 0.500. The van der Waals surface area contributed by atoms with Gasteiger partial charge in [0.15, 0.2) is 0 Å². The minimum Gasteiger partial charge on any atom is -0.421 e. The summed E-state index contributed by atoms with van der Waals surface area (Å²) < 4.78 is 19.8. The normalized spacial score (nSPS) is 22.0. The first kappa shape index (κ1) is 21.3. The molecule has 2 aromatic rings. The third-order valence-corrected chi connectivity index (χ3v) is 5.96. The van der Waals surface area contributed by atoms with Gasteiger partial charge < -0.3 is 4.42 Å². The van der Waals surface area contributed by atoms with Crippen LogP contribution in [0.2, 0.25) is 0 Å². The van der Waals surface area contributed by atoms with Gasteiger partial charge in [-0.3, -0.25) is 4.90 Å². The number of benzene rings is 1. The molecule has 5 heteroatoms. The van der Waals surface area contributed by atoms with Crippen LogP contribution in [-0.2, 0) is 6.42 Å². The third kappa shape index (κ3) is 5.13. The van der Waals surface area contributed by atoms with E-state index in [1.54, 1.807) is 18.2 Å². The van der Waals surface area contributed by atoms with Crippen molar-refractivity contribution in [2.24, 2.45) is 23.7 Å². The van der Waals surface area contributed by atoms with Gasteiger partial charge in [-0.15, -0.1) is 16.6 Å². The van der Waals surface area contributed by atoms with E-state index in [1.165, 1.54) is 11.6 Å². The monoisotopic (exact) mass is 395 g/mol. The van der Waals surface area contributed by atoms with Crippen molar-refractivity contribution >= 4 is 0 Å². The summed E-state index contributed by atoms with van der Waals surface area (Å²) in [4.78, 5) is 2.21. The van der Waals surface area contributed by atoms with Crippen molar-refractivity contribution in [2.45, 2.75) is 33.6 Å². The highest BCUT2D eigenvalue weighted by Gasteiger charge is 2.33. The van der Waals surface area contributed by atoms with E-state index >= 15 is 0 Å². The van der Waals surface area contributed by atoms with E-state index in [1.807, 2.05) is 0 Å². The molecule has 0 saturated carbocycles. The number of halogens is 1. The maximum atomic E-state index is 14.0. The zero-order chi connectivity index (χ0) is 21.0. The lowest BCUT2D eigenvalue weighted by molar-refractivity contribution is 0.183. The average molecular weight is 396 g/mol. The van der Waals surface area contributed by atoms with Gasteiger partial charge in [-0.2, -0.15) is 0 Å². The predicted molar refractivity (Wildman–Crippen MR) is 113 cm³/mol. The summed E-state index contributed by atoms with van der Waals surface area (Å²) >= 11 is 0. The molecular formula is C24H30FN3O. The van der Waals surface area contributed by atoms with E-state index in [4.69, 9.17) is 10.8 Å². The molecule has 1 aliphatic carbocycles. The number of hydrogen-bond donors (Lipinski definition) is 0. The number of terminal acetylenes is 1. The van der Waals surface area contributed by atoms with Gasteiger partial charge in [0.2, 0.25) is 5.89 Å². The minimum absolute atomic E-state index is 0.240. The Morgan fingerprint density at radius 3 is 2.76 bits per heavy atom. The summed E-state index contributed by atoms with van der Waals surface area (Å²) in [6, 6.07) is 6.47. The third-order valence-electron chi connectivity index (χ3n) is 5.96. The van der Waals surface area contributed by atoms with Crippen molar-refractivity contribution in [3.05, 3.63) is 47.6 Å². The SMILES string of the molecule is C#CCN(C)CC1C=C(C)C(Cc2nnc(-c3ccccc3F)o2)CC1C(C)C. The summed E-state index contributed by atoms with van der Waals surface area (Å²) in [6.07, 6.45) is 9.62. The summed E-state index contributed by atoms with van der Waals surface area (Å²) in [5, 5.41) is 8.25. The van der Waals surface area contributed by atoms with Gasteiger partial charge in [-0.1, -0.05) is 43.5 Å². The molecule has 0 radical (unpaired) electrons. The Balaban J connectivity index is 1.75. The standard InChI is InChI=1S/C24H30FN3O/c1-6-11-28(5)15-19-12-17(4)18(13-21(19)16(2)3)14-23-26-27-24(29-23)20-9-7-8-10-22(20)25/h1,7-10,12,16,18-19,21H,11,13-15H2,2-5H3. The smallest absolute Gasteiger partial charge is 0.250 e. The first-order chi connectivity index (χ1) is 13.9. The van der Waals surface area contributed by atoms with E-state index in [2.05, 4.69) is 54.9 Å². The molecule has 3 unspecified atom stereocenters. The van der Waals surface area contributed by atoms with Crippen LogP contribution in [0.4, 0.5) is 4.39 Å². The number of allylic oxidation sites excluding steroid dienone is 1. The highest BCUT2D eigenvalue weighted by atomic mass is 19.1. The fourth-order valence-corrected chi connectivity index (χ4v) is 4.36. The zero-order valence-electron chi connectivity index (χ0n) is 17.7. The second kappa shape index (κ2) is 9.37.